The first kappa shape index (κ1) is 22.5. The Hall–Kier alpha value is -3.25. The summed E-state index contributed by atoms with van der Waals surface area (Å²) in [6.45, 7) is 0.339. The van der Waals surface area contributed by atoms with Gasteiger partial charge in [0.05, 0.1) is 30.9 Å². The molecule has 8 heteroatoms. The Bertz CT molecular complexity index is 1520. The van der Waals surface area contributed by atoms with Crippen LogP contribution in [0, 0.1) is 0 Å². The van der Waals surface area contributed by atoms with Crippen molar-refractivity contribution in [3.05, 3.63) is 105 Å². The number of nitrogens with zero attached hydrogens (tertiary/aromatic N) is 2. The van der Waals surface area contributed by atoms with Crippen molar-refractivity contribution in [3.8, 4) is 17.1 Å². The van der Waals surface area contributed by atoms with Crippen LogP contribution in [0.4, 0.5) is 0 Å². The Morgan fingerprint density at radius 2 is 1.82 bits per heavy atom. The summed E-state index contributed by atoms with van der Waals surface area (Å²) in [5.41, 5.74) is 2.65. The molecule has 0 atom stereocenters. The van der Waals surface area contributed by atoms with Crippen molar-refractivity contribution < 1.29 is 13.9 Å². The van der Waals surface area contributed by atoms with E-state index in [1.807, 2.05) is 53.1 Å². The lowest BCUT2D eigenvalue weighted by Gasteiger charge is -2.10. The van der Waals surface area contributed by atoms with E-state index in [1.54, 1.807) is 25.3 Å². The van der Waals surface area contributed by atoms with Crippen LogP contribution in [0.2, 0.25) is 15.2 Å². The molecule has 5 aromatic rings. The fourth-order valence-corrected chi connectivity index (χ4v) is 4.65. The highest BCUT2D eigenvalue weighted by molar-refractivity contribution is 6.37. The number of ether oxygens (including phenoxy) is 1. The minimum absolute atomic E-state index is 0.0489. The highest BCUT2D eigenvalue weighted by atomic mass is 35.5. The average molecular weight is 512 g/mol. The lowest BCUT2D eigenvalue weighted by molar-refractivity contribution is 0.100. The lowest BCUT2D eigenvalue weighted by atomic mass is 10.1. The molecule has 0 fully saturated rings. The Labute approximate surface area is 210 Å². The summed E-state index contributed by atoms with van der Waals surface area (Å²) in [6.07, 6.45) is 1.53. The van der Waals surface area contributed by atoms with Crippen molar-refractivity contribution >= 4 is 51.5 Å². The third-order valence-electron chi connectivity index (χ3n) is 5.54. The number of carbonyl (C=O) groups excluding carboxylic acids is 1. The van der Waals surface area contributed by atoms with Gasteiger partial charge in [0.15, 0.2) is 5.76 Å². The van der Waals surface area contributed by atoms with E-state index < -0.39 is 5.78 Å². The van der Waals surface area contributed by atoms with Crippen LogP contribution < -0.4 is 4.74 Å². The lowest BCUT2D eigenvalue weighted by Crippen LogP contribution is -2.04. The summed E-state index contributed by atoms with van der Waals surface area (Å²) in [5.74, 6) is 0.616. The molecule has 0 saturated heterocycles. The van der Waals surface area contributed by atoms with E-state index in [0.29, 0.717) is 33.5 Å². The first-order valence-electron chi connectivity index (χ1n) is 10.3. The molecule has 0 unspecified atom stereocenters. The number of oxazole rings is 1. The first-order valence-corrected chi connectivity index (χ1v) is 11.4. The van der Waals surface area contributed by atoms with Crippen LogP contribution >= 0.6 is 34.8 Å². The van der Waals surface area contributed by atoms with Gasteiger partial charge in [-0.2, -0.15) is 0 Å². The summed E-state index contributed by atoms with van der Waals surface area (Å²) in [5, 5.41) is 1.92. The van der Waals surface area contributed by atoms with Crippen molar-refractivity contribution in [1.29, 1.82) is 0 Å². The highest BCUT2D eigenvalue weighted by Crippen LogP contribution is 2.36. The summed E-state index contributed by atoms with van der Waals surface area (Å²) < 4.78 is 13.0. The molecule has 5 nitrogen and oxygen atoms in total. The standard InChI is InChI=1S/C26H17Cl3N2O3/c1-33-18-9-10-21-19(12-18)23(25(29)31(21)14-16-7-8-17(27)11-20(16)28)24(32)26-30-13-22(34-26)15-5-3-2-4-6-15/h2-13H,14H2,1H3. The normalized spacial score (nSPS) is 11.2. The summed E-state index contributed by atoms with van der Waals surface area (Å²) in [7, 11) is 1.56. The van der Waals surface area contributed by atoms with Gasteiger partial charge in [-0.3, -0.25) is 4.79 Å². The zero-order valence-corrected chi connectivity index (χ0v) is 20.2. The molecule has 170 valence electrons. The second kappa shape index (κ2) is 9.18. The van der Waals surface area contributed by atoms with Crippen LogP contribution in [-0.4, -0.2) is 22.4 Å². The van der Waals surface area contributed by atoms with E-state index >= 15 is 0 Å². The van der Waals surface area contributed by atoms with Crippen molar-refractivity contribution in [3.63, 3.8) is 0 Å². The average Bonchev–Trinajstić information content (AvgIpc) is 3.44. The minimum atomic E-state index is -0.425. The number of fused-ring (bicyclic) bond motifs is 1. The van der Waals surface area contributed by atoms with Crippen LogP contribution in [0.15, 0.2) is 77.3 Å². The third kappa shape index (κ3) is 4.07. The van der Waals surface area contributed by atoms with Crippen LogP contribution in [0.1, 0.15) is 21.8 Å². The van der Waals surface area contributed by atoms with Crippen molar-refractivity contribution in [2.45, 2.75) is 6.54 Å². The molecule has 0 bridgehead atoms. The van der Waals surface area contributed by atoms with E-state index in [-0.39, 0.29) is 16.6 Å². The van der Waals surface area contributed by atoms with Crippen LogP contribution in [0.5, 0.6) is 5.75 Å². The Morgan fingerprint density at radius 1 is 1.03 bits per heavy atom. The molecular formula is C26H17Cl3N2O3. The number of hydrogen-bond donors (Lipinski definition) is 0. The van der Waals surface area contributed by atoms with Crippen molar-refractivity contribution in [1.82, 2.24) is 9.55 Å². The first-order chi connectivity index (χ1) is 16.5. The summed E-state index contributed by atoms with van der Waals surface area (Å²) in [4.78, 5) is 17.8. The zero-order chi connectivity index (χ0) is 23.8. The maximum atomic E-state index is 13.6. The topological polar surface area (TPSA) is 57.3 Å². The molecule has 5 rings (SSSR count). The molecule has 0 N–H and O–H groups in total. The number of benzene rings is 3. The number of rotatable bonds is 6. The van der Waals surface area contributed by atoms with Gasteiger partial charge in [0, 0.05) is 21.0 Å². The van der Waals surface area contributed by atoms with Gasteiger partial charge in [-0.25, -0.2) is 4.98 Å². The molecule has 3 aromatic carbocycles. The number of ketones is 1. The van der Waals surface area contributed by atoms with Gasteiger partial charge in [0.1, 0.15) is 10.9 Å². The number of aromatic nitrogens is 2. The molecule has 0 amide bonds. The maximum Gasteiger partial charge on any atom is 0.268 e. The SMILES string of the molecule is COc1ccc2c(c1)c(C(=O)c1ncc(-c3ccccc3)o1)c(Cl)n2Cc1ccc(Cl)cc1Cl. The molecule has 0 spiro atoms. The number of hydrogen-bond acceptors (Lipinski definition) is 4. The van der Waals surface area contributed by atoms with E-state index in [4.69, 9.17) is 44.0 Å². The van der Waals surface area contributed by atoms with Crippen LogP contribution in [0.3, 0.4) is 0 Å². The predicted octanol–water partition coefficient (Wildman–Crippen LogP) is 7.54. The fourth-order valence-electron chi connectivity index (χ4n) is 3.84. The van der Waals surface area contributed by atoms with Crippen molar-refractivity contribution in [2.24, 2.45) is 0 Å². The van der Waals surface area contributed by atoms with Gasteiger partial charge in [0.2, 0.25) is 0 Å². The molecule has 2 aromatic heterocycles. The number of halogens is 3. The van der Waals surface area contributed by atoms with Gasteiger partial charge in [0.25, 0.3) is 11.7 Å². The number of carbonyl (C=O) groups is 1. The van der Waals surface area contributed by atoms with Gasteiger partial charge in [-0.1, -0.05) is 71.2 Å². The predicted molar refractivity (Wildman–Crippen MR) is 134 cm³/mol. The van der Waals surface area contributed by atoms with Crippen LogP contribution in [-0.2, 0) is 6.54 Å². The molecule has 0 radical (unpaired) electrons. The van der Waals surface area contributed by atoms with E-state index in [0.717, 1.165) is 16.6 Å². The van der Waals surface area contributed by atoms with Gasteiger partial charge in [-0.05, 0) is 35.9 Å². The Balaban J connectivity index is 1.62. The smallest absolute Gasteiger partial charge is 0.268 e. The molecule has 0 aliphatic rings. The molecular weight excluding hydrogens is 495 g/mol. The van der Waals surface area contributed by atoms with Gasteiger partial charge >= 0.3 is 0 Å². The number of methoxy groups -OCH3 is 1. The van der Waals surface area contributed by atoms with E-state index in [1.165, 1.54) is 6.20 Å². The molecule has 0 aliphatic heterocycles. The largest absolute Gasteiger partial charge is 0.497 e. The Kier molecular flexibility index (Phi) is 6.09. The van der Waals surface area contributed by atoms with E-state index in [9.17, 15) is 4.79 Å². The van der Waals surface area contributed by atoms with E-state index in [2.05, 4.69) is 4.98 Å². The zero-order valence-electron chi connectivity index (χ0n) is 17.9. The quantitative estimate of drug-likeness (QED) is 0.221. The monoisotopic (exact) mass is 510 g/mol. The highest BCUT2D eigenvalue weighted by Gasteiger charge is 2.27. The maximum absolute atomic E-state index is 13.6. The Morgan fingerprint density at radius 3 is 2.56 bits per heavy atom. The fraction of sp³-hybridized carbons (Fsp3) is 0.0769. The van der Waals surface area contributed by atoms with Gasteiger partial charge < -0.3 is 13.7 Å². The molecule has 2 heterocycles. The molecule has 0 aliphatic carbocycles. The second-order valence-corrected chi connectivity index (χ2v) is 8.80. The molecule has 34 heavy (non-hydrogen) atoms. The third-order valence-corrected chi connectivity index (χ3v) is 6.52. The molecule has 0 saturated carbocycles. The van der Waals surface area contributed by atoms with Crippen molar-refractivity contribution in [2.75, 3.05) is 7.11 Å². The van der Waals surface area contributed by atoms with Gasteiger partial charge in [-0.15, -0.1) is 0 Å². The summed E-state index contributed by atoms with van der Waals surface area (Å²) >= 11 is 19.3. The summed E-state index contributed by atoms with van der Waals surface area (Å²) in [6, 6.07) is 20.1. The van der Waals surface area contributed by atoms with Crippen LogP contribution in [0.25, 0.3) is 22.2 Å². The minimum Gasteiger partial charge on any atom is -0.497 e. The second-order valence-electron chi connectivity index (χ2n) is 7.60.